The van der Waals surface area contributed by atoms with Crippen LogP contribution >= 0.6 is 0 Å². The molecule has 2 fully saturated rings. The third-order valence-electron chi connectivity index (χ3n) is 5.30. The predicted molar refractivity (Wildman–Crippen MR) is 107 cm³/mol. The summed E-state index contributed by atoms with van der Waals surface area (Å²) in [5, 5.41) is 6.65. The van der Waals surface area contributed by atoms with Gasteiger partial charge < -0.3 is 26.0 Å². The van der Waals surface area contributed by atoms with Crippen LogP contribution in [0.2, 0.25) is 0 Å². The molecule has 1 aliphatic heterocycles. The number of rotatable bonds is 5. The summed E-state index contributed by atoms with van der Waals surface area (Å²) in [5.41, 5.74) is 9.17. The standard InChI is InChI=1S/C20H32N4O2/c1-14(2)22-20(25)15-3-5-16(6-4-15)23-19-13-17(7-8-18(19)21)24-9-11-26-12-10-24/h7-8,13-16,23H,3-6,9-12,21H2,1-2H3,(H,22,25)/t15-,16+. The van der Waals surface area contributed by atoms with E-state index in [0.29, 0.717) is 6.04 Å². The first-order valence-corrected chi connectivity index (χ1v) is 9.82. The van der Waals surface area contributed by atoms with E-state index in [0.717, 1.165) is 63.4 Å². The molecule has 0 aromatic heterocycles. The summed E-state index contributed by atoms with van der Waals surface area (Å²) < 4.78 is 5.44. The van der Waals surface area contributed by atoms with Crippen LogP contribution in [0.3, 0.4) is 0 Å². The molecule has 1 aromatic rings. The topological polar surface area (TPSA) is 79.6 Å². The zero-order chi connectivity index (χ0) is 18.5. The minimum Gasteiger partial charge on any atom is -0.397 e. The Hall–Kier alpha value is -1.95. The second-order valence-electron chi connectivity index (χ2n) is 7.73. The first kappa shape index (κ1) is 18.8. The number of hydrogen-bond acceptors (Lipinski definition) is 5. The van der Waals surface area contributed by atoms with Crippen LogP contribution in [0, 0.1) is 5.92 Å². The lowest BCUT2D eigenvalue weighted by Crippen LogP contribution is -2.39. The third-order valence-corrected chi connectivity index (χ3v) is 5.30. The number of nitrogens with two attached hydrogens (primary N) is 1. The van der Waals surface area contributed by atoms with E-state index >= 15 is 0 Å². The molecule has 1 saturated heterocycles. The molecular formula is C20H32N4O2. The predicted octanol–water partition coefficient (Wildman–Crippen LogP) is 2.60. The summed E-state index contributed by atoms with van der Waals surface area (Å²) in [6, 6.07) is 6.80. The number of nitrogen functional groups attached to an aromatic ring is 1. The largest absolute Gasteiger partial charge is 0.397 e. The molecular weight excluding hydrogens is 328 g/mol. The summed E-state index contributed by atoms with van der Waals surface area (Å²) >= 11 is 0. The molecule has 144 valence electrons. The Morgan fingerprint density at radius 3 is 2.54 bits per heavy atom. The highest BCUT2D eigenvalue weighted by Gasteiger charge is 2.27. The van der Waals surface area contributed by atoms with Crippen molar-refractivity contribution in [1.82, 2.24) is 5.32 Å². The molecule has 0 radical (unpaired) electrons. The van der Waals surface area contributed by atoms with Gasteiger partial charge in [0.2, 0.25) is 5.91 Å². The quantitative estimate of drug-likeness (QED) is 0.704. The van der Waals surface area contributed by atoms with Crippen LogP contribution in [0.4, 0.5) is 17.1 Å². The summed E-state index contributed by atoms with van der Waals surface area (Å²) in [4.78, 5) is 14.5. The molecule has 2 aliphatic rings. The van der Waals surface area contributed by atoms with E-state index in [4.69, 9.17) is 10.5 Å². The minimum atomic E-state index is 0.146. The van der Waals surface area contributed by atoms with Crippen LogP contribution in [0.1, 0.15) is 39.5 Å². The Kier molecular flexibility index (Phi) is 6.25. The lowest BCUT2D eigenvalue weighted by atomic mass is 9.85. The minimum absolute atomic E-state index is 0.146. The smallest absolute Gasteiger partial charge is 0.223 e. The maximum atomic E-state index is 12.2. The van der Waals surface area contributed by atoms with Crippen LogP contribution < -0.4 is 21.3 Å². The Morgan fingerprint density at radius 1 is 1.19 bits per heavy atom. The van der Waals surface area contributed by atoms with Crippen LogP contribution in [0.15, 0.2) is 18.2 Å². The van der Waals surface area contributed by atoms with Crippen molar-refractivity contribution >= 4 is 23.0 Å². The van der Waals surface area contributed by atoms with E-state index in [9.17, 15) is 4.79 Å². The molecule has 6 nitrogen and oxygen atoms in total. The van der Waals surface area contributed by atoms with Gasteiger partial charge in [0.15, 0.2) is 0 Å². The van der Waals surface area contributed by atoms with Crippen molar-refractivity contribution in [2.45, 2.75) is 51.6 Å². The van der Waals surface area contributed by atoms with Crippen molar-refractivity contribution in [2.24, 2.45) is 5.92 Å². The first-order chi connectivity index (χ1) is 12.5. The van der Waals surface area contributed by atoms with Gasteiger partial charge in [-0.1, -0.05) is 0 Å². The molecule has 0 atom stereocenters. The zero-order valence-corrected chi connectivity index (χ0v) is 16.0. The molecule has 1 aromatic carbocycles. The van der Waals surface area contributed by atoms with Crippen molar-refractivity contribution in [1.29, 1.82) is 0 Å². The summed E-state index contributed by atoms with van der Waals surface area (Å²) in [7, 11) is 0. The van der Waals surface area contributed by atoms with Gasteiger partial charge in [0.1, 0.15) is 0 Å². The molecule has 0 bridgehead atoms. The van der Waals surface area contributed by atoms with Gasteiger partial charge in [0, 0.05) is 36.8 Å². The molecule has 1 heterocycles. The molecule has 1 amide bonds. The number of carbonyl (C=O) groups excluding carboxylic acids is 1. The SMILES string of the molecule is CC(C)NC(=O)[C@H]1CC[C@@H](Nc2cc(N3CCOCC3)ccc2N)CC1. The highest BCUT2D eigenvalue weighted by molar-refractivity contribution is 5.79. The molecule has 4 N–H and O–H groups in total. The fourth-order valence-corrected chi connectivity index (χ4v) is 3.81. The van der Waals surface area contributed by atoms with Crippen LogP contribution in [-0.4, -0.2) is 44.3 Å². The maximum Gasteiger partial charge on any atom is 0.223 e. The Balaban J connectivity index is 1.57. The number of morpholine rings is 1. The second-order valence-corrected chi connectivity index (χ2v) is 7.73. The van der Waals surface area contributed by atoms with Crippen molar-refractivity contribution in [3.05, 3.63) is 18.2 Å². The van der Waals surface area contributed by atoms with E-state index in [1.807, 2.05) is 19.9 Å². The fraction of sp³-hybridized carbons (Fsp3) is 0.650. The van der Waals surface area contributed by atoms with Gasteiger partial charge in [0.25, 0.3) is 0 Å². The first-order valence-electron chi connectivity index (χ1n) is 9.82. The van der Waals surface area contributed by atoms with E-state index in [2.05, 4.69) is 27.7 Å². The highest BCUT2D eigenvalue weighted by atomic mass is 16.5. The van der Waals surface area contributed by atoms with Gasteiger partial charge in [0.05, 0.1) is 24.6 Å². The Morgan fingerprint density at radius 2 is 1.88 bits per heavy atom. The van der Waals surface area contributed by atoms with Gasteiger partial charge in [-0.3, -0.25) is 4.79 Å². The number of nitrogens with zero attached hydrogens (tertiary/aromatic N) is 1. The number of ether oxygens (including phenoxy) is 1. The van der Waals surface area contributed by atoms with Gasteiger partial charge >= 0.3 is 0 Å². The van der Waals surface area contributed by atoms with E-state index in [1.165, 1.54) is 5.69 Å². The number of carbonyl (C=O) groups is 1. The van der Waals surface area contributed by atoms with Crippen LogP contribution in [0.5, 0.6) is 0 Å². The van der Waals surface area contributed by atoms with Gasteiger partial charge in [-0.15, -0.1) is 0 Å². The fourth-order valence-electron chi connectivity index (χ4n) is 3.81. The van der Waals surface area contributed by atoms with Gasteiger partial charge in [-0.05, 0) is 57.7 Å². The maximum absolute atomic E-state index is 12.2. The lowest BCUT2D eigenvalue weighted by molar-refractivity contribution is -0.126. The number of benzene rings is 1. The molecule has 0 unspecified atom stereocenters. The number of anilines is 3. The van der Waals surface area contributed by atoms with Crippen molar-refractivity contribution in [3.63, 3.8) is 0 Å². The van der Waals surface area contributed by atoms with Crippen molar-refractivity contribution in [3.8, 4) is 0 Å². The Labute approximate surface area is 156 Å². The molecule has 6 heteroatoms. The third kappa shape index (κ3) is 4.81. The summed E-state index contributed by atoms with van der Waals surface area (Å²) in [6.45, 7) is 7.40. The number of hydrogen-bond donors (Lipinski definition) is 3. The second kappa shape index (κ2) is 8.62. The van der Waals surface area contributed by atoms with Gasteiger partial charge in [-0.25, -0.2) is 0 Å². The average Bonchev–Trinajstić information content (AvgIpc) is 2.64. The average molecular weight is 361 g/mol. The monoisotopic (exact) mass is 360 g/mol. The lowest BCUT2D eigenvalue weighted by Gasteiger charge is -2.31. The molecule has 3 rings (SSSR count). The normalized spacial score (nSPS) is 23.7. The summed E-state index contributed by atoms with van der Waals surface area (Å²) in [6.07, 6.45) is 3.85. The van der Waals surface area contributed by atoms with Crippen LogP contribution in [0.25, 0.3) is 0 Å². The van der Waals surface area contributed by atoms with Gasteiger partial charge in [-0.2, -0.15) is 0 Å². The van der Waals surface area contributed by atoms with Crippen molar-refractivity contribution < 1.29 is 9.53 Å². The zero-order valence-electron chi connectivity index (χ0n) is 16.0. The van der Waals surface area contributed by atoms with E-state index < -0.39 is 0 Å². The summed E-state index contributed by atoms with van der Waals surface area (Å²) in [5.74, 6) is 0.347. The number of amides is 1. The molecule has 1 aliphatic carbocycles. The Bertz CT molecular complexity index is 606. The highest BCUT2D eigenvalue weighted by Crippen LogP contribution is 2.31. The molecule has 0 spiro atoms. The number of nitrogens with one attached hydrogen (secondary N) is 2. The van der Waals surface area contributed by atoms with E-state index in [1.54, 1.807) is 0 Å². The van der Waals surface area contributed by atoms with Crippen LogP contribution in [-0.2, 0) is 9.53 Å². The van der Waals surface area contributed by atoms with Crippen molar-refractivity contribution in [2.75, 3.05) is 42.3 Å². The molecule has 1 saturated carbocycles. The molecule has 26 heavy (non-hydrogen) atoms. The van der Waals surface area contributed by atoms with E-state index in [-0.39, 0.29) is 17.9 Å².